The van der Waals surface area contributed by atoms with E-state index in [2.05, 4.69) is 39.9 Å². The van der Waals surface area contributed by atoms with Gasteiger partial charge in [-0.25, -0.2) is 0 Å². The summed E-state index contributed by atoms with van der Waals surface area (Å²) in [6, 6.07) is 0. The van der Waals surface area contributed by atoms with E-state index < -0.39 is 0 Å². The smallest absolute Gasteiger partial charge is 0.230 e. The number of thioether (sulfide) groups is 1. The van der Waals surface area contributed by atoms with Crippen LogP contribution in [0.25, 0.3) is 0 Å². The molecule has 1 N–H and O–H groups in total. The minimum Gasteiger partial charge on any atom is -0.378 e. The standard InChI is InChI=1S/C14H27NO2S/c1-10(2)13-11(6-7-17-13)8-15-12(16)9-18-14(3,4)5/h10-11,13H,6-9H2,1-5H3,(H,15,16)/t11-,13-/m0/s1. The van der Waals surface area contributed by atoms with Crippen LogP contribution >= 0.6 is 11.8 Å². The Labute approximate surface area is 115 Å². The van der Waals surface area contributed by atoms with Crippen LogP contribution in [0.3, 0.4) is 0 Å². The monoisotopic (exact) mass is 273 g/mol. The number of ether oxygens (including phenoxy) is 1. The summed E-state index contributed by atoms with van der Waals surface area (Å²) in [4.78, 5) is 11.8. The molecule has 0 saturated carbocycles. The molecule has 0 aromatic carbocycles. The Kier molecular flexibility index (Phi) is 5.99. The van der Waals surface area contributed by atoms with Crippen LogP contribution in [0.5, 0.6) is 0 Å². The molecule has 0 aliphatic carbocycles. The van der Waals surface area contributed by atoms with E-state index in [1.54, 1.807) is 11.8 Å². The van der Waals surface area contributed by atoms with E-state index in [9.17, 15) is 4.79 Å². The number of rotatable bonds is 5. The number of nitrogens with one attached hydrogen (secondary N) is 1. The van der Waals surface area contributed by atoms with Crippen LogP contribution in [0.2, 0.25) is 0 Å². The minimum absolute atomic E-state index is 0.143. The largest absolute Gasteiger partial charge is 0.378 e. The summed E-state index contributed by atoms with van der Waals surface area (Å²) in [5, 5.41) is 3.04. The van der Waals surface area contributed by atoms with Crippen molar-refractivity contribution < 1.29 is 9.53 Å². The molecule has 0 aromatic rings. The normalized spacial score (nSPS) is 24.6. The SMILES string of the molecule is CC(C)[C@@H]1OCC[C@H]1CNC(=O)CSC(C)(C)C. The van der Waals surface area contributed by atoms with Gasteiger partial charge in [-0.3, -0.25) is 4.79 Å². The third-order valence-electron chi connectivity index (χ3n) is 3.12. The maximum Gasteiger partial charge on any atom is 0.230 e. The highest BCUT2D eigenvalue weighted by Crippen LogP contribution is 2.26. The number of carbonyl (C=O) groups excluding carboxylic acids is 1. The molecular weight excluding hydrogens is 246 g/mol. The predicted octanol–water partition coefficient (Wildman–Crippen LogP) is 2.70. The quantitative estimate of drug-likeness (QED) is 0.837. The molecule has 18 heavy (non-hydrogen) atoms. The van der Waals surface area contributed by atoms with Gasteiger partial charge in [0.2, 0.25) is 5.91 Å². The minimum atomic E-state index is 0.143. The number of carbonyl (C=O) groups is 1. The first-order valence-corrected chi connectivity index (χ1v) is 7.80. The first-order valence-electron chi connectivity index (χ1n) is 6.82. The van der Waals surface area contributed by atoms with Crippen LogP contribution in [0, 0.1) is 11.8 Å². The topological polar surface area (TPSA) is 38.3 Å². The Morgan fingerprint density at radius 1 is 1.44 bits per heavy atom. The number of amides is 1. The molecule has 2 atom stereocenters. The lowest BCUT2D eigenvalue weighted by molar-refractivity contribution is -0.118. The molecule has 0 unspecified atom stereocenters. The van der Waals surface area contributed by atoms with E-state index >= 15 is 0 Å². The van der Waals surface area contributed by atoms with Crippen LogP contribution in [0.15, 0.2) is 0 Å². The highest BCUT2D eigenvalue weighted by atomic mass is 32.2. The van der Waals surface area contributed by atoms with Crippen molar-refractivity contribution in [3.8, 4) is 0 Å². The molecule has 0 aromatic heterocycles. The third kappa shape index (κ3) is 5.61. The summed E-state index contributed by atoms with van der Waals surface area (Å²) in [7, 11) is 0. The van der Waals surface area contributed by atoms with Gasteiger partial charge in [-0.1, -0.05) is 34.6 Å². The van der Waals surface area contributed by atoms with E-state index in [0.717, 1.165) is 19.6 Å². The molecular formula is C14H27NO2S. The van der Waals surface area contributed by atoms with Crippen molar-refractivity contribution in [2.45, 2.75) is 51.9 Å². The second-order valence-corrected chi connectivity index (χ2v) is 8.14. The van der Waals surface area contributed by atoms with E-state index in [1.807, 2.05) is 0 Å². The summed E-state index contributed by atoms with van der Waals surface area (Å²) in [6.45, 7) is 12.3. The molecule has 1 aliphatic heterocycles. The molecule has 1 aliphatic rings. The van der Waals surface area contributed by atoms with Crippen molar-refractivity contribution in [1.82, 2.24) is 5.32 Å². The van der Waals surface area contributed by atoms with Gasteiger partial charge in [0.05, 0.1) is 11.9 Å². The van der Waals surface area contributed by atoms with Crippen molar-refractivity contribution in [3.63, 3.8) is 0 Å². The second kappa shape index (κ2) is 6.80. The van der Waals surface area contributed by atoms with Crippen LogP contribution in [-0.2, 0) is 9.53 Å². The van der Waals surface area contributed by atoms with Crippen LogP contribution in [-0.4, -0.2) is 35.7 Å². The average molecular weight is 273 g/mol. The summed E-state index contributed by atoms with van der Waals surface area (Å²) in [5.74, 6) is 1.69. The third-order valence-corrected chi connectivity index (χ3v) is 4.39. The summed E-state index contributed by atoms with van der Waals surface area (Å²) in [5.41, 5.74) is 0. The molecule has 4 heteroatoms. The summed E-state index contributed by atoms with van der Waals surface area (Å²) >= 11 is 1.69. The Morgan fingerprint density at radius 2 is 2.11 bits per heavy atom. The Balaban J connectivity index is 2.26. The van der Waals surface area contributed by atoms with Gasteiger partial charge in [-0.05, 0) is 12.3 Å². The number of hydrogen-bond acceptors (Lipinski definition) is 3. The average Bonchev–Trinajstić information content (AvgIpc) is 2.70. The highest BCUT2D eigenvalue weighted by Gasteiger charge is 2.30. The van der Waals surface area contributed by atoms with Gasteiger partial charge >= 0.3 is 0 Å². The van der Waals surface area contributed by atoms with E-state index in [1.165, 1.54) is 0 Å². The van der Waals surface area contributed by atoms with Crippen LogP contribution in [0.4, 0.5) is 0 Å². The molecule has 1 fully saturated rings. The fraction of sp³-hybridized carbons (Fsp3) is 0.929. The maximum atomic E-state index is 11.8. The Hall–Kier alpha value is -0.220. The van der Waals surface area contributed by atoms with Gasteiger partial charge in [0.1, 0.15) is 0 Å². The van der Waals surface area contributed by atoms with Gasteiger partial charge < -0.3 is 10.1 Å². The van der Waals surface area contributed by atoms with Gasteiger partial charge in [0.15, 0.2) is 0 Å². The molecule has 0 bridgehead atoms. The lowest BCUT2D eigenvalue weighted by atomic mass is 9.93. The first kappa shape index (κ1) is 15.8. The van der Waals surface area contributed by atoms with Crippen molar-refractivity contribution in [1.29, 1.82) is 0 Å². The Morgan fingerprint density at radius 3 is 2.67 bits per heavy atom. The summed E-state index contributed by atoms with van der Waals surface area (Å²) in [6.07, 6.45) is 1.37. The lowest BCUT2D eigenvalue weighted by Gasteiger charge is -2.22. The number of hydrogen-bond donors (Lipinski definition) is 1. The fourth-order valence-corrected chi connectivity index (χ4v) is 2.86. The highest BCUT2D eigenvalue weighted by molar-refractivity contribution is 8.01. The lowest BCUT2D eigenvalue weighted by Crippen LogP contribution is -2.36. The van der Waals surface area contributed by atoms with Crippen LogP contribution < -0.4 is 5.32 Å². The molecule has 1 saturated heterocycles. The van der Waals surface area contributed by atoms with E-state index in [4.69, 9.17) is 4.74 Å². The zero-order valence-electron chi connectivity index (χ0n) is 12.3. The van der Waals surface area contributed by atoms with Gasteiger partial charge in [-0.2, -0.15) is 0 Å². The van der Waals surface area contributed by atoms with Crippen molar-refractivity contribution >= 4 is 17.7 Å². The second-order valence-electron chi connectivity index (χ2n) is 6.33. The van der Waals surface area contributed by atoms with Crippen molar-refractivity contribution in [3.05, 3.63) is 0 Å². The molecule has 0 radical (unpaired) electrons. The van der Waals surface area contributed by atoms with E-state index in [0.29, 0.717) is 23.7 Å². The Bertz CT molecular complexity index is 273. The summed E-state index contributed by atoms with van der Waals surface area (Å²) < 4.78 is 5.86. The van der Waals surface area contributed by atoms with E-state index in [-0.39, 0.29) is 10.7 Å². The molecule has 1 rings (SSSR count). The zero-order valence-corrected chi connectivity index (χ0v) is 13.1. The van der Waals surface area contributed by atoms with Gasteiger partial charge in [0, 0.05) is 23.8 Å². The fourth-order valence-electron chi connectivity index (χ4n) is 2.19. The van der Waals surface area contributed by atoms with Crippen LogP contribution in [0.1, 0.15) is 41.0 Å². The molecule has 106 valence electrons. The predicted molar refractivity (Wildman–Crippen MR) is 77.9 cm³/mol. The molecule has 1 amide bonds. The van der Waals surface area contributed by atoms with Crippen molar-refractivity contribution in [2.75, 3.05) is 18.9 Å². The van der Waals surface area contributed by atoms with Gasteiger partial charge in [0.25, 0.3) is 0 Å². The maximum absolute atomic E-state index is 11.8. The van der Waals surface area contributed by atoms with Gasteiger partial charge in [-0.15, -0.1) is 11.8 Å². The first-order chi connectivity index (χ1) is 8.29. The van der Waals surface area contributed by atoms with Crippen molar-refractivity contribution in [2.24, 2.45) is 11.8 Å². The molecule has 3 nitrogen and oxygen atoms in total. The zero-order chi connectivity index (χ0) is 13.8. The molecule has 1 heterocycles. The molecule has 0 spiro atoms.